The van der Waals surface area contributed by atoms with E-state index in [-0.39, 0.29) is 17.9 Å². The Hall–Kier alpha value is -1.60. The van der Waals surface area contributed by atoms with Gasteiger partial charge in [0, 0.05) is 19.0 Å². The minimum atomic E-state index is -0.0279. The second kappa shape index (κ2) is 6.97. The van der Waals surface area contributed by atoms with Crippen LogP contribution in [0.5, 0.6) is 0 Å². The predicted octanol–water partition coefficient (Wildman–Crippen LogP) is 0.742. The summed E-state index contributed by atoms with van der Waals surface area (Å²) < 4.78 is 0. The molecule has 1 aromatic rings. The standard InChI is InChI=1S/C10H17ClN6O/c1-6(2)15-8(18)3-4-13-9-7(11)5-14-10(16-9)17-12/h5-6H,3-4,12H2,1-2H3,(H,15,18)(H2,13,14,16,17). The van der Waals surface area contributed by atoms with Gasteiger partial charge >= 0.3 is 0 Å². The van der Waals surface area contributed by atoms with Gasteiger partial charge in [-0.05, 0) is 13.8 Å². The Morgan fingerprint density at radius 3 is 2.89 bits per heavy atom. The molecule has 0 aliphatic carbocycles. The van der Waals surface area contributed by atoms with E-state index >= 15 is 0 Å². The average Bonchev–Trinajstić information content (AvgIpc) is 2.30. The van der Waals surface area contributed by atoms with Crippen molar-refractivity contribution in [1.82, 2.24) is 15.3 Å². The first kappa shape index (κ1) is 14.5. The third kappa shape index (κ3) is 4.72. The van der Waals surface area contributed by atoms with Gasteiger partial charge in [-0.15, -0.1) is 0 Å². The lowest BCUT2D eigenvalue weighted by Crippen LogP contribution is -2.31. The first-order valence-corrected chi connectivity index (χ1v) is 5.93. The third-order valence-corrected chi connectivity index (χ3v) is 2.24. The molecular weight excluding hydrogens is 256 g/mol. The van der Waals surface area contributed by atoms with E-state index in [9.17, 15) is 4.79 Å². The highest BCUT2D eigenvalue weighted by Gasteiger charge is 2.06. The van der Waals surface area contributed by atoms with Gasteiger partial charge in [-0.2, -0.15) is 4.98 Å². The summed E-state index contributed by atoms with van der Waals surface area (Å²) in [7, 11) is 0. The van der Waals surface area contributed by atoms with Crippen LogP contribution >= 0.6 is 11.6 Å². The highest BCUT2D eigenvalue weighted by molar-refractivity contribution is 6.32. The lowest BCUT2D eigenvalue weighted by Gasteiger charge is -2.10. The zero-order valence-corrected chi connectivity index (χ0v) is 11.1. The number of nitrogens with one attached hydrogen (secondary N) is 3. The molecular formula is C10H17ClN6O. The lowest BCUT2D eigenvalue weighted by molar-refractivity contribution is -0.121. The zero-order chi connectivity index (χ0) is 13.5. The van der Waals surface area contributed by atoms with Gasteiger partial charge < -0.3 is 10.6 Å². The number of nitrogens with two attached hydrogens (primary N) is 1. The van der Waals surface area contributed by atoms with Gasteiger partial charge in [-0.3, -0.25) is 10.2 Å². The number of anilines is 2. The molecule has 0 spiro atoms. The van der Waals surface area contributed by atoms with E-state index in [1.165, 1.54) is 6.20 Å². The number of halogens is 1. The summed E-state index contributed by atoms with van der Waals surface area (Å²) in [6, 6.07) is 0.133. The lowest BCUT2D eigenvalue weighted by atomic mass is 10.3. The minimum absolute atomic E-state index is 0.0279. The van der Waals surface area contributed by atoms with Gasteiger partial charge in [0.05, 0.1) is 6.20 Å². The molecule has 0 bridgehead atoms. The maximum Gasteiger partial charge on any atom is 0.239 e. The van der Waals surface area contributed by atoms with E-state index < -0.39 is 0 Å². The van der Waals surface area contributed by atoms with Crippen LogP contribution < -0.4 is 21.9 Å². The molecule has 1 aromatic heterocycles. The van der Waals surface area contributed by atoms with Crippen LogP contribution in [-0.4, -0.2) is 28.5 Å². The van der Waals surface area contributed by atoms with E-state index in [1.807, 2.05) is 13.8 Å². The first-order valence-electron chi connectivity index (χ1n) is 5.55. The van der Waals surface area contributed by atoms with Gasteiger partial charge in [0.1, 0.15) is 5.02 Å². The minimum Gasteiger partial charge on any atom is -0.368 e. The van der Waals surface area contributed by atoms with Crippen LogP contribution in [0.3, 0.4) is 0 Å². The monoisotopic (exact) mass is 272 g/mol. The number of amides is 1. The van der Waals surface area contributed by atoms with Gasteiger partial charge in [0.25, 0.3) is 0 Å². The molecule has 7 nitrogen and oxygen atoms in total. The van der Waals surface area contributed by atoms with Gasteiger partial charge in [0.2, 0.25) is 11.9 Å². The largest absolute Gasteiger partial charge is 0.368 e. The molecule has 0 aromatic carbocycles. The van der Waals surface area contributed by atoms with Gasteiger partial charge in [-0.25, -0.2) is 10.8 Å². The molecule has 0 saturated carbocycles. The summed E-state index contributed by atoms with van der Waals surface area (Å²) in [5, 5.41) is 6.11. The molecule has 8 heteroatoms. The predicted molar refractivity (Wildman–Crippen MR) is 71.2 cm³/mol. The normalized spacial score (nSPS) is 10.3. The number of carbonyl (C=O) groups is 1. The van der Waals surface area contributed by atoms with Gasteiger partial charge in [-0.1, -0.05) is 11.6 Å². The number of carbonyl (C=O) groups excluding carboxylic acids is 1. The Morgan fingerprint density at radius 2 is 2.28 bits per heavy atom. The molecule has 5 N–H and O–H groups in total. The molecule has 0 aliphatic heterocycles. The van der Waals surface area contributed by atoms with Crippen LogP contribution in [-0.2, 0) is 4.79 Å². The number of hydrogen-bond donors (Lipinski definition) is 4. The van der Waals surface area contributed by atoms with E-state index in [2.05, 4.69) is 26.0 Å². The van der Waals surface area contributed by atoms with Crippen molar-refractivity contribution < 1.29 is 4.79 Å². The Labute approximate surface area is 110 Å². The number of hydrazine groups is 1. The van der Waals surface area contributed by atoms with E-state index in [0.717, 1.165) is 0 Å². The fourth-order valence-corrected chi connectivity index (χ4v) is 1.41. The number of aromatic nitrogens is 2. The van der Waals surface area contributed by atoms with Crippen molar-refractivity contribution in [2.75, 3.05) is 17.3 Å². The SMILES string of the molecule is CC(C)NC(=O)CCNc1nc(NN)ncc1Cl. The second-order valence-corrected chi connectivity index (χ2v) is 4.34. The number of nitrogens with zero attached hydrogens (tertiary/aromatic N) is 2. The van der Waals surface area contributed by atoms with Crippen LogP contribution in [0, 0.1) is 0 Å². The Balaban J connectivity index is 2.46. The van der Waals surface area contributed by atoms with Crippen molar-refractivity contribution in [3.05, 3.63) is 11.2 Å². The van der Waals surface area contributed by atoms with Crippen molar-refractivity contribution >= 4 is 29.3 Å². The van der Waals surface area contributed by atoms with E-state index in [0.29, 0.717) is 23.8 Å². The molecule has 18 heavy (non-hydrogen) atoms. The summed E-state index contributed by atoms with van der Waals surface area (Å²) in [5.74, 6) is 5.86. The highest BCUT2D eigenvalue weighted by Crippen LogP contribution is 2.18. The summed E-state index contributed by atoms with van der Waals surface area (Å²) in [6.07, 6.45) is 1.77. The molecule has 100 valence electrons. The fraction of sp³-hybridized carbons (Fsp3) is 0.500. The topological polar surface area (TPSA) is 105 Å². The Morgan fingerprint density at radius 1 is 1.56 bits per heavy atom. The average molecular weight is 273 g/mol. The quantitative estimate of drug-likeness (QED) is 0.450. The summed E-state index contributed by atoms with van der Waals surface area (Å²) >= 11 is 5.90. The zero-order valence-electron chi connectivity index (χ0n) is 10.3. The number of hydrogen-bond acceptors (Lipinski definition) is 6. The van der Waals surface area contributed by atoms with Crippen molar-refractivity contribution in [2.24, 2.45) is 5.84 Å². The van der Waals surface area contributed by atoms with Crippen LogP contribution in [0.2, 0.25) is 5.02 Å². The molecule has 0 unspecified atom stereocenters. The van der Waals surface area contributed by atoms with E-state index in [1.54, 1.807) is 0 Å². The van der Waals surface area contributed by atoms with Crippen molar-refractivity contribution in [3.63, 3.8) is 0 Å². The Bertz CT molecular complexity index is 411. The Kier molecular flexibility index (Phi) is 5.60. The number of nitrogen functional groups attached to an aromatic ring is 1. The molecule has 0 radical (unpaired) electrons. The second-order valence-electron chi connectivity index (χ2n) is 3.93. The first-order chi connectivity index (χ1) is 8.52. The van der Waals surface area contributed by atoms with Crippen LogP contribution in [0.15, 0.2) is 6.20 Å². The van der Waals surface area contributed by atoms with Crippen molar-refractivity contribution in [1.29, 1.82) is 0 Å². The fourth-order valence-electron chi connectivity index (χ4n) is 1.25. The molecule has 1 amide bonds. The van der Waals surface area contributed by atoms with Gasteiger partial charge in [0.15, 0.2) is 5.82 Å². The summed E-state index contributed by atoms with van der Waals surface area (Å²) in [5.41, 5.74) is 2.32. The maximum atomic E-state index is 11.4. The summed E-state index contributed by atoms with van der Waals surface area (Å²) in [6.45, 7) is 4.25. The molecule has 0 atom stereocenters. The molecule has 1 rings (SSSR count). The van der Waals surface area contributed by atoms with Crippen LogP contribution in [0.25, 0.3) is 0 Å². The molecule has 1 heterocycles. The highest BCUT2D eigenvalue weighted by atomic mass is 35.5. The smallest absolute Gasteiger partial charge is 0.239 e. The van der Waals surface area contributed by atoms with Crippen molar-refractivity contribution in [3.8, 4) is 0 Å². The molecule has 0 saturated heterocycles. The van der Waals surface area contributed by atoms with Crippen LogP contribution in [0.4, 0.5) is 11.8 Å². The summed E-state index contributed by atoms with van der Waals surface area (Å²) in [4.78, 5) is 19.3. The number of rotatable bonds is 6. The molecule has 0 aliphatic rings. The van der Waals surface area contributed by atoms with Crippen molar-refractivity contribution in [2.45, 2.75) is 26.3 Å². The van der Waals surface area contributed by atoms with Crippen LogP contribution in [0.1, 0.15) is 20.3 Å². The maximum absolute atomic E-state index is 11.4. The molecule has 0 fully saturated rings. The van der Waals surface area contributed by atoms with E-state index in [4.69, 9.17) is 17.4 Å². The third-order valence-electron chi connectivity index (χ3n) is 1.97.